The fourth-order valence-electron chi connectivity index (χ4n) is 2.02. The molecule has 104 valence electrons. The van der Waals surface area contributed by atoms with Gasteiger partial charge in [0.25, 0.3) is 0 Å². The number of carbonyl (C=O) groups excluding carboxylic acids is 1. The van der Waals surface area contributed by atoms with Gasteiger partial charge in [0.15, 0.2) is 0 Å². The van der Waals surface area contributed by atoms with Crippen molar-refractivity contribution < 1.29 is 14.7 Å². The van der Waals surface area contributed by atoms with Gasteiger partial charge in [-0.1, -0.05) is 11.6 Å². The van der Waals surface area contributed by atoms with Crippen molar-refractivity contribution in [2.75, 3.05) is 18.4 Å². The lowest BCUT2D eigenvalue weighted by molar-refractivity contribution is -0.139. The maximum absolute atomic E-state index is 11.9. The molecular weight excluding hydrogens is 282 g/mol. The normalized spacial score (nSPS) is 14.3. The lowest BCUT2D eigenvalue weighted by Crippen LogP contribution is -2.52. The first kappa shape index (κ1) is 14.2. The van der Waals surface area contributed by atoms with Crippen LogP contribution in [0, 0.1) is 17.2 Å². The Labute approximate surface area is 120 Å². The van der Waals surface area contributed by atoms with Crippen LogP contribution in [0.25, 0.3) is 0 Å². The van der Waals surface area contributed by atoms with Crippen LogP contribution in [0.15, 0.2) is 18.2 Å². The number of carboxylic acids is 1. The smallest absolute Gasteiger partial charge is 0.321 e. The fraction of sp³-hybridized carbons (Fsp3) is 0.308. The highest BCUT2D eigenvalue weighted by Gasteiger charge is 2.32. The van der Waals surface area contributed by atoms with Gasteiger partial charge in [-0.05, 0) is 18.2 Å². The summed E-state index contributed by atoms with van der Waals surface area (Å²) in [5.74, 6) is -0.871. The Morgan fingerprint density at radius 3 is 2.80 bits per heavy atom. The summed E-state index contributed by atoms with van der Waals surface area (Å²) in [5, 5.41) is 20.6. The Bertz CT molecular complexity index is 591. The van der Waals surface area contributed by atoms with Crippen LogP contribution in [0.4, 0.5) is 10.5 Å². The Balaban J connectivity index is 1.95. The van der Waals surface area contributed by atoms with E-state index < -0.39 is 5.97 Å². The molecule has 0 radical (unpaired) electrons. The molecule has 1 aromatic carbocycles. The maximum Gasteiger partial charge on any atom is 0.321 e. The summed E-state index contributed by atoms with van der Waals surface area (Å²) >= 11 is 5.83. The van der Waals surface area contributed by atoms with Crippen molar-refractivity contribution in [1.29, 1.82) is 5.26 Å². The summed E-state index contributed by atoms with van der Waals surface area (Å²) in [6, 6.07) is 6.22. The SMILES string of the molecule is N#Cc1ccc(Cl)cc1NC(=O)N1CC(CC(=O)O)C1. The molecular formula is C13H12ClN3O3. The molecule has 0 unspecified atom stereocenters. The third kappa shape index (κ3) is 3.19. The summed E-state index contributed by atoms with van der Waals surface area (Å²) in [5.41, 5.74) is 0.678. The number of likely N-dealkylation sites (tertiary alicyclic amines) is 1. The number of nitriles is 1. The van der Waals surface area contributed by atoms with Gasteiger partial charge in [-0.2, -0.15) is 5.26 Å². The first-order valence-corrected chi connectivity index (χ1v) is 6.34. The second-order valence-corrected chi connectivity index (χ2v) is 5.04. The predicted octanol–water partition coefficient (Wildman–Crippen LogP) is 2.15. The van der Waals surface area contributed by atoms with Crippen molar-refractivity contribution in [2.45, 2.75) is 6.42 Å². The van der Waals surface area contributed by atoms with Crippen LogP contribution >= 0.6 is 11.6 Å². The molecule has 1 saturated heterocycles. The molecule has 0 atom stereocenters. The van der Waals surface area contributed by atoms with Crippen LogP contribution in [0.5, 0.6) is 0 Å². The fourth-order valence-corrected chi connectivity index (χ4v) is 2.20. The molecule has 7 heteroatoms. The molecule has 2 amide bonds. The molecule has 20 heavy (non-hydrogen) atoms. The van der Waals surface area contributed by atoms with Crippen molar-refractivity contribution in [1.82, 2.24) is 4.90 Å². The van der Waals surface area contributed by atoms with Crippen LogP contribution in [-0.4, -0.2) is 35.1 Å². The minimum absolute atomic E-state index is 0.00644. The van der Waals surface area contributed by atoms with Crippen molar-refractivity contribution in [3.05, 3.63) is 28.8 Å². The number of hydrogen-bond donors (Lipinski definition) is 2. The van der Waals surface area contributed by atoms with Crippen molar-refractivity contribution in [2.24, 2.45) is 5.92 Å². The van der Waals surface area contributed by atoms with E-state index in [1.165, 1.54) is 17.0 Å². The molecule has 6 nitrogen and oxygen atoms in total. The van der Waals surface area contributed by atoms with E-state index in [9.17, 15) is 9.59 Å². The Hall–Kier alpha value is -2.26. The zero-order valence-electron chi connectivity index (χ0n) is 10.5. The third-order valence-electron chi connectivity index (χ3n) is 3.05. The van der Waals surface area contributed by atoms with Gasteiger partial charge in [0.1, 0.15) is 6.07 Å². The van der Waals surface area contributed by atoms with E-state index in [-0.39, 0.29) is 18.4 Å². The number of carboxylic acid groups (broad SMARTS) is 1. The number of carbonyl (C=O) groups is 2. The largest absolute Gasteiger partial charge is 0.481 e. The average Bonchev–Trinajstić information content (AvgIpc) is 2.33. The minimum Gasteiger partial charge on any atom is -0.481 e. The Kier molecular flexibility index (Phi) is 4.11. The van der Waals surface area contributed by atoms with Crippen LogP contribution < -0.4 is 5.32 Å². The molecule has 0 spiro atoms. The number of anilines is 1. The molecule has 0 aromatic heterocycles. The van der Waals surface area contributed by atoms with Crippen LogP contribution in [0.1, 0.15) is 12.0 Å². The van der Waals surface area contributed by atoms with Crippen LogP contribution in [0.2, 0.25) is 5.02 Å². The number of nitrogens with one attached hydrogen (secondary N) is 1. The van der Waals surface area contributed by atoms with Gasteiger partial charge >= 0.3 is 12.0 Å². The summed E-state index contributed by atoms with van der Waals surface area (Å²) in [7, 11) is 0. The number of aliphatic carboxylic acids is 1. The highest BCUT2D eigenvalue weighted by atomic mass is 35.5. The summed E-state index contributed by atoms with van der Waals surface area (Å²) in [6.07, 6.45) is 0.0599. The topological polar surface area (TPSA) is 93.4 Å². The van der Waals surface area contributed by atoms with Gasteiger partial charge < -0.3 is 15.3 Å². The van der Waals surface area contributed by atoms with E-state index in [2.05, 4.69) is 5.32 Å². The molecule has 0 bridgehead atoms. The number of rotatable bonds is 3. The second-order valence-electron chi connectivity index (χ2n) is 4.60. The number of halogens is 1. The van der Waals surface area contributed by atoms with E-state index >= 15 is 0 Å². The first-order chi connectivity index (χ1) is 9.49. The standard InChI is InChI=1S/C13H12ClN3O3/c14-10-2-1-9(5-15)11(4-10)16-13(20)17-6-8(7-17)3-12(18)19/h1-2,4,8H,3,6-7H2,(H,16,20)(H,18,19). The number of amides is 2. The van der Waals surface area contributed by atoms with Crippen molar-refractivity contribution in [3.63, 3.8) is 0 Å². The van der Waals surface area contributed by atoms with Gasteiger partial charge in [-0.15, -0.1) is 0 Å². The molecule has 1 heterocycles. The van der Waals surface area contributed by atoms with E-state index in [1.54, 1.807) is 6.07 Å². The van der Waals surface area contributed by atoms with Gasteiger partial charge in [0.2, 0.25) is 0 Å². The molecule has 1 aromatic rings. The number of hydrogen-bond acceptors (Lipinski definition) is 3. The molecule has 0 saturated carbocycles. The first-order valence-electron chi connectivity index (χ1n) is 5.97. The average molecular weight is 294 g/mol. The Morgan fingerprint density at radius 2 is 2.20 bits per heavy atom. The molecule has 1 fully saturated rings. The number of nitrogens with zero attached hydrogens (tertiary/aromatic N) is 2. The molecule has 2 N–H and O–H groups in total. The molecule has 2 rings (SSSR count). The highest BCUT2D eigenvalue weighted by Crippen LogP contribution is 2.23. The highest BCUT2D eigenvalue weighted by molar-refractivity contribution is 6.31. The van der Waals surface area contributed by atoms with Gasteiger partial charge in [-0.3, -0.25) is 4.79 Å². The zero-order valence-corrected chi connectivity index (χ0v) is 11.2. The molecule has 0 aliphatic carbocycles. The quantitative estimate of drug-likeness (QED) is 0.893. The summed E-state index contributed by atoms with van der Waals surface area (Å²) in [4.78, 5) is 23.9. The maximum atomic E-state index is 11.9. The van der Waals surface area contributed by atoms with Gasteiger partial charge in [0.05, 0.1) is 17.7 Å². The molecule has 1 aliphatic rings. The van der Waals surface area contributed by atoms with Crippen molar-refractivity contribution in [3.8, 4) is 6.07 Å². The van der Waals surface area contributed by atoms with Gasteiger partial charge in [-0.25, -0.2) is 4.79 Å². The Morgan fingerprint density at radius 1 is 1.50 bits per heavy atom. The summed E-state index contributed by atoms with van der Waals surface area (Å²) < 4.78 is 0. The second kappa shape index (κ2) is 5.80. The molecule has 1 aliphatic heterocycles. The number of benzene rings is 1. The van der Waals surface area contributed by atoms with E-state index in [0.29, 0.717) is 29.4 Å². The third-order valence-corrected chi connectivity index (χ3v) is 3.29. The lowest BCUT2D eigenvalue weighted by Gasteiger charge is -2.38. The number of urea groups is 1. The van der Waals surface area contributed by atoms with Crippen LogP contribution in [0.3, 0.4) is 0 Å². The van der Waals surface area contributed by atoms with E-state index in [4.69, 9.17) is 22.0 Å². The lowest BCUT2D eigenvalue weighted by atomic mass is 9.97. The van der Waals surface area contributed by atoms with E-state index in [1.807, 2.05) is 6.07 Å². The summed E-state index contributed by atoms with van der Waals surface area (Å²) in [6.45, 7) is 0.807. The van der Waals surface area contributed by atoms with Gasteiger partial charge in [0, 0.05) is 24.0 Å². The zero-order chi connectivity index (χ0) is 14.7. The predicted molar refractivity (Wildman–Crippen MR) is 72.5 cm³/mol. The van der Waals surface area contributed by atoms with E-state index in [0.717, 1.165) is 0 Å². The monoisotopic (exact) mass is 293 g/mol. The van der Waals surface area contributed by atoms with Crippen molar-refractivity contribution >= 4 is 29.3 Å². The minimum atomic E-state index is -0.864. The van der Waals surface area contributed by atoms with Crippen LogP contribution in [-0.2, 0) is 4.79 Å².